The molecule has 0 fully saturated rings. The average Bonchev–Trinajstić information content (AvgIpc) is 2.29. The second-order valence-electron chi connectivity index (χ2n) is 3.59. The number of hydrogen-bond donors (Lipinski definition) is 2. The van der Waals surface area contributed by atoms with Crippen molar-refractivity contribution in [2.45, 2.75) is 0 Å². The largest absolute Gasteiger partial charge is 0.478 e. The van der Waals surface area contributed by atoms with Crippen molar-refractivity contribution in [1.82, 2.24) is 0 Å². The maximum Gasteiger partial charge on any atom is 0.336 e. The Kier molecular flexibility index (Phi) is 2.78. The third-order valence-electron chi connectivity index (χ3n) is 2.44. The molecular weight excluding hydrogens is 221 g/mol. The van der Waals surface area contributed by atoms with Crippen molar-refractivity contribution in [2.75, 3.05) is 5.73 Å². The van der Waals surface area contributed by atoms with Crippen molar-refractivity contribution < 1.29 is 14.3 Å². The minimum absolute atomic E-state index is 0.0318. The molecule has 0 aliphatic heterocycles. The fourth-order valence-corrected chi connectivity index (χ4v) is 1.65. The number of aromatic carboxylic acids is 1. The molecule has 3 N–H and O–H groups in total. The van der Waals surface area contributed by atoms with E-state index in [0.717, 1.165) is 0 Å². The molecule has 0 aliphatic rings. The monoisotopic (exact) mass is 231 g/mol. The first kappa shape index (κ1) is 11.1. The molecule has 2 aromatic rings. The van der Waals surface area contributed by atoms with Crippen molar-refractivity contribution in [3.05, 3.63) is 53.8 Å². The molecule has 0 saturated heterocycles. The number of carboxylic acid groups (broad SMARTS) is 1. The number of rotatable bonds is 2. The summed E-state index contributed by atoms with van der Waals surface area (Å²) in [6.07, 6.45) is 0. The summed E-state index contributed by atoms with van der Waals surface area (Å²) in [4.78, 5) is 11.1. The highest BCUT2D eigenvalue weighted by Gasteiger charge is 2.14. The van der Waals surface area contributed by atoms with Gasteiger partial charge in [0.05, 0.1) is 5.56 Å². The number of halogens is 1. The Bertz CT molecular complexity index is 581. The summed E-state index contributed by atoms with van der Waals surface area (Å²) in [6.45, 7) is 0. The molecule has 0 aliphatic carbocycles. The summed E-state index contributed by atoms with van der Waals surface area (Å²) in [7, 11) is 0. The first-order valence-electron chi connectivity index (χ1n) is 4.97. The van der Waals surface area contributed by atoms with Crippen LogP contribution in [0.2, 0.25) is 0 Å². The molecule has 2 aromatic carbocycles. The Morgan fingerprint density at radius 2 is 1.82 bits per heavy atom. The van der Waals surface area contributed by atoms with Gasteiger partial charge in [0.2, 0.25) is 0 Å². The quantitative estimate of drug-likeness (QED) is 0.781. The number of carboxylic acids is 1. The minimum atomic E-state index is -1.11. The normalized spacial score (nSPS) is 10.2. The van der Waals surface area contributed by atoms with E-state index in [4.69, 9.17) is 10.8 Å². The molecule has 0 aromatic heterocycles. The van der Waals surface area contributed by atoms with E-state index in [2.05, 4.69) is 0 Å². The van der Waals surface area contributed by atoms with E-state index in [1.54, 1.807) is 12.1 Å². The van der Waals surface area contributed by atoms with Gasteiger partial charge in [-0.3, -0.25) is 0 Å². The van der Waals surface area contributed by atoms with Crippen molar-refractivity contribution in [2.24, 2.45) is 0 Å². The first-order valence-corrected chi connectivity index (χ1v) is 4.97. The van der Waals surface area contributed by atoms with Crippen LogP contribution >= 0.6 is 0 Å². The zero-order valence-corrected chi connectivity index (χ0v) is 8.85. The van der Waals surface area contributed by atoms with Gasteiger partial charge in [0.25, 0.3) is 0 Å². The molecule has 0 amide bonds. The van der Waals surface area contributed by atoms with Gasteiger partial charge in [0, 0.05) is 16.8 Å². The first-order chi connectivity index (χ1) is 8.09. The molecule has 17 heavy (non-hydrogen) atoms. The van der Waals surface area contributed by atoms with Crippen LogP contribution in [0.4, 0.5) is 10.1 Å². The Morgan fingerprint density at radius 1 is 1.12 bits per heavy atom. The smallest absolute Gasteiger partial charge is 0.336 e. The van der Waals surface area contributed by atoms with E-state index in [9.17, 15) is 9.18 Å². The molecule has 0 spiro atoms. The standard InChI is InChI=1S/C13H10FNO2/c14-12-4-2-1-3-9(12)11-7-8(15)5-6-10(11)13(16)17/h1-7H,15H2,(H,16,17). The Hall–Kier alpha value is -2.36. The average molecular weight is 231 g/mol. The molecule has 0 unspecified atom stereocenters. The Morgan fingerprint density at radius 3 is 2.47 bits per heavy atom. The van der Waals surface area contributed by atoms with E-state index < -0.39 is 11.8 Å². The highest BCUT2D eigenvalue weighted by atomic mass is 19.1. The fourth-order valence-electron chi connectivity index (χ4n) is 1.65. The summed E-state index contributed by atoms with van der Waals surface area (Å²) in [5, 5.41) is 9.05. The number of anilines is 1. The topological polar surface area (TPSA) is 63.3 Å². The number of carbonyl (C=O) groups is 1. The van der Waals surface area contributed by atoms with Crippen molar-refractivity contribution >= 4 is 11.7 Å². The van der Waals surface area contributed by atoms with E-state index in [-0.39, 0.29) is 16.7 Å². The molecular formula is C13H10FNO2. The van der Waals surface area contributed by atoms with Crippen LogP contribution in [-0.4, -0.2) is 11.1 Å². The van der Waals surface area contributed by atoms with Gasteiger partial charge in [-0.05, 0) is 24.3 Å². The van der Waals surface area contributed by atoms with E-state index in [0.29, 0.717) is 5.69 Å². The van der Waals surface area contributed by atoms with E-state index in [1.165, 1.54) is 30.3 Å². The predicted molar refractivity (Wildman–Crippen MR) is 63.2 cm³/mol. The van der Waals surface area contributed by atoms with Crippen LogP contribution in [0.5, 0.6) is 0 Å². The summed E-state index contributed by atoms with van der Waals surface area (Å²) in [5.74, 6) is -1.58. The Balaban J connectivity index is 2.70. The van der Waals surface area contributed by atoms with E-state index in [1.807, 2.05) is 0 Å². The van der Waals surface area contributed by atoms with Gasteiger partial charge in [0.15, 0.2) is 0 Å². The van der Waals surface area contributed by atoms with Crippen LogP contribution in [0.1, 0.15) is 10.4 Å². The zero-order valence-electron chi connectivity index (χ0n) is 8.85. The predicted octanol–water partition coefficient (Wildman–Crippen LogP) is 2.77. The number of benzene rings is 2. The maximum atomic E-state index is 13.6. The van der Waals surface area contributed by atoms with Gasteiger partial charge in [-0.1, -0.05) is 18.2 Å². The fraction of sp³-hybridized carbons (Fsp3) is 0. The maximum absolute atomic E-state index is 13.6. The van der Waals surface area contributed by atoms with Crippen LogP contribution < -0.4 is 5.73 Å². The molecule has 0 saturated carbocycles. The van der Waals surface area contributed by atoms with Gasteiger partial charge in [-0.2, -0.15) is 0 Å². The van der Waals surface area contributed by atoms with Crippen molar-refractivity contribution in [3.8, 4) is 11.1 Å². The lowest BCUT2D eigenvalue weighted by Crippen LogP contribution is -2.01. The third-order valence-corrected chi connectivity index (χ3v) is 2.44. The molecule has 0 bridgehead atoms. The van der Waals surface area contributed by atoms with Gasteiger partial charge in [-0.25, -0.2) is 9.18 Å². The molecule has 0 heterocycles. The second-order valence-corrected chi connectivity index (χ2v) is 3.59. The van der Waals surface area contributed by atoms with Crippen LogP contribution in [0.25, 0.3) is 11.1 Å². The Labute approximate surface area is 97.3 Å². The summed E-state index contributed by atoms with van der Waals surface area (Å²) >= 11 is 0. The molecule has 0 radical (unpaired) electrons. The molecule has 0 atom stereocenters. The molecule has 2 rings (SSSR count). The van der Waals surface area contributed by atoms with Gasteiger partial charge >= 0.3 is 5.97 Å². The molecule has 3 nitrogen and oxygen atoms in total. The van der Waals surface area contributed by atoms with Gasteiger partial charge in [0.1, 0.15) is 5.82 Å². The molecule has 86 valence electrons. The van der Waals surface area contributed by atoms with Gasteiger partial charge < -0.3 is 10.8 Å². The number of nitrogen functional groups attached to an aromatic ring is 1. The lowest BCUT2D eigenvalue weighted by molar-refractivity contribution is 0.0698. The zero-order chi connectivity index (χ0) is 12.4. The van der Waals surface area contributed by atoms with Crippen LogP contribution in [0.3, 0.4) is 0 Å². The second kappa shape index (κ2) is 4.25. The van der Waals surface area contributed by atoms with Crippen LogP contribution in [-0.2, 0) is 0 Å². The lowest BCUT2D eigenvalue weighted by Gasteiger charge is -2.08. The number of hydrogen-bond acceptors (Lipinski definition) is 2. The van der Waals surface area contributed by atoms with E-state index >= 15 is 0 Å². The lowest BCUT2D eigenvalue weighted by atomic mass is 9.98. The highest BCUT2D eigenvalue weighted by Crippen LogP contribution is 2.28. The van der Waals surface area contributed by atoms with Crippen LogP contribution in [0.15, 0.2) is 42.5 Å². The minimum Gasteiger partial charge on any atom is -0.478 e. The summed E-state index contributed by atoms with van der Waals surface area (Å²) < 4.78 is 13.6. The highest BCUT2D eigenvalue weighted by molar-refractivity contribution is 5.96. The molecule has 4 heteroatoms. The van der Waals surface area contributed by atoms with Gasteiger partial charge in [-0.15, -0.1) is 0 Å². The van der Waals surface area contributed by atoms with Crippen LogP contribution in [0, 0.1) is 5.82 Å². The number of nitrogens with two attached hydrogens (primary N) is 1. The van der Waals surface area contributed by atoms with Crippen molar-refractivity contribution in [1.29, 1.82) is 0 Å². The summed E-state index contributed by atoms with van der Waals surface area (Å²) in [5.41, 5.74) is 6.55. The SMILES string of the molecule is Nc1ccc(C(=O)O)c(-c2ccccc2F)c1. The van der Waals surface area contributed by atoms with Crippen molar-refractivity contribution in [3.63, 3.8) is 0 Å². The third kappa shape index (κ3) is 2.10. The summed E-state index contributed by atoms with van der Waals surface area (Å²) in [6, 6.07) is 10.3.